The van der Waals surface area contributed by atoms with Gasteiger partial charge in [-0.2, -0.15) is 0 Å². The first kappa shape index (κ1) is 23.8. The fourth-order valence-electron chi connectivity index (χ4n) is 4.39. The summed E-state index contributed by atoms with van der Waals surface area (Å²) in [7, 11) is 0. The van der Waals surface area contributed by atoms with Crippen LogP contribution >= 0.6 is 0 Å². The zero-order chi connectivity index (χ0) is 24.3. The van der Waals surface area contributed by atoms with Crippen LogP contribution in [-0.2, 0) is 10.8 Å². The van der Waals surface area contributed by atoms with Crippen molar-refractivity contribution in [1.29, 1.82) is 0 Å². The zero-order valence-corrected chi connectivity index (χ0v) is 21.4. The fraction of sp³-hybridized carbons (Fsp3) is 0.235. The standard InChI is InChI=1S/C34H36/c1-33(2,3)29-21-17-27(18-22-29)31(25-13-9-7-10-14-25)32(26-15-11-8-12-16-26)28-19-23-30(24-20-28)34(4,5)6/h7-24H,1-6H3. The maximum atomic E-state index is 2.29. The van der Waals surface area contributed by atoms with Crippen LogP contribution in [0.3, 0.4) is 0 Å². The van der Waals surface area contributed by atoms with E-state index in [-0.39, 0.29) is 10.8 Å². The molecule has 172 valence electrons. The summed E-state index contributed by atoms with van der Waals surface area (Å²) in [5, 5.41) is 0. The zero-order valence-electron chi connectivity index (χ0n) is 21.4. The summed E-state index contributed by atoms with van der Waals surface area (Å²) in [6, 6.07) is 39.9. The van der Waals surface area contributed by atoms with Gasteiger partial charge in [-0.15, -0.1) is 0 Å². The molecule has 0 bridgehead atoms. The van der Waals surface area contributed by atoms with Crippen LogP contribution in [0.1, 0.15) is 74.9 Å². The Kier molecular flexibility index (Phi) is 6.62. The fourth-order valence-corrected chi connectivity index (χ4v) is 4.39. The Morgan fingerprint density at radius 3 is 0.882 bits per heavy atom. The van der Waals surface area contributed by atoms with Crippen molar-refractivity contribution in [2.75, 3.05) is 0 Å². The van der Waals surface area contributed by atoms with Crippen molar-refractivity contribution in [3.63, 3.8) is 0 Å². The Labute approximate surface area is 206 Å². The number of benzene rings is 4. The Balaban J connectivity index is 2.01. The third kappa shape index (κ3) is 5.23. The quantitative estimate of drug-likeness (QED) is 0.275. The molecule has 0 unspecified atom stereocenters. The molecule has 0 radical (unpaired) electrons. The van der Waals surface area contributed by atoms with Gasteiger partial charge in [0.2, 0.25) is 0 Å². The van der Waals surface area contributed by atoms with Gasteiger partial charge in [0.15, 0.2) is 0 Å². The predicted octanol–water partition coefficient (Wildman–Crippen LogP) is 9.29. The van der Waals surface area contributed by atoms with Gasteiger partial charge < -0.3 is 0 Å². The molecule has 0 saturated heterocycles. The molecule has 0 fully saturated rings. The molecule has 0 heterocycles. The average molecular weight is 445 g/mol. The summed E-state index contributed by atoms with van der Waals surface area (Å²) in [5.41, 5.74) is 10.4. The van der Waals surface area contributed by atoms with Gasteiger partial charge in [0, 0.05) is 0 Å². The molecule has 0 aliphatic carbocycles. The SMILES string of the molecule is CC(C)(C)c1ccc(C(=C(c2ccccc2)c2ccc(C(C)(C)C)cc2)c2ccccc2)cc1. The lowest BCUT2D eigenvalue weighted by molar-refractivity contribution is 0.590. The van der Waals surface area contributed by atoms with Crippen LogP contribution in [0, 0.1) is 0 Å². The summed E-state index contributed by atoms with van der Waals surface area (Å²) >= 11 is 0. The summed E-state index contributed by atoms with van der Waals surface area (Å²) in [6.45, 7) is 13.6. The van der Waals surface area contributed by atoms with Gasteiger partial charge in [0.05, 0.1) is 0 Å². The summed E-state index contributed by atoms with van der Waals surface area (Å²) in [5.74, 6) is 0. The van der Waals surface area contributed by atoms with Crippen molar-refractivity contribution in [3.8, 4) is 0 Å². The minimum atomic E-state index is 0.125. The number of hydrogen-bond acceptors (Lipinski definition) is 0. The molecule has 34 heavy (non-hydrogen) atoms. The third-order valence-electron chi connectivity index (χ3n) is 6.45. The molecule has 0 N–H and O–H groups in total. The molecule has 0 aromatic heterocycles. The number of hydrogen-bond donors (Lipinski definition) is 0. The van der Waals surface area contributed by atoms with Crippen LogP contribution in [0.4, 0.5) is 0 Å². The molecule has 4 rings (SSSR count). The lowest BCUT2D eigenvalue weighted by atomic mass is 9.82. The Morgan fingerprint density at radius 2 is 0.618 bits per heavy atom. The molecule has 0 spiro atoms. The first-order valence-electron chi connectivity index (χ1n) is 12.2. The van der Waals surface area contributed by atoms with Crippen LogP contribution in [-0.4, -0.2) is 0 Å². The van der Waals surface area contributed by atoms with E-state index in [1.54, 1.807) is 0 Å². The first-order valence-corrected chi connectivity index (χ1v) is 12.2. The van der Waals surface area contributed by atoms with Gasteiger partial charge in [-0.1, -0.05) is 151 Å². The van der Waals surface area contributed by atoms with Crippen LogP contribution < -0.4 is 0 Å². The van der Waals surface area contributed by atoms with Crippen molar-refractivity contribution in [2.45, 2.75) is 52.4 Å². The molecular formula is C34H36. The Hall–Kier alpha value is -3.38. The highest BCUT2D eigenvalue weighted by molar-refractivity contribution is 6.04. The second kappa shape index (κ2) is 9.47. The van der Waals surface area contributed by atoms with Gasteiger partial charge in [-0.05, 0) is 55.4 Å². The van der Waals surface area contributed by atoms with Crippen molar-refractivity contribution in [2.24, 2.45) is 0 Å². The van der Waals surface area contributed by atoms with E-state index in [4.69, 9.17) is 0 Å². The average Bonchev–Trinajstić information content (AvgIpc) is 2.83. The van der Waals surface area contributed by atoms with E-state index in [0.29, 0.717) is 0 Å². The molecule has 0 aliphatic heterocycles. The highest BCUT2D eigenvalue weighted by Crippen LogP contribution is 2.38. The summed E-state index contributed by atoms with van der Waals surface area (Å²) < 4.78 is 0. The smallest absolute Gasteiger partial charge is 0.00268 e. The van der Waals surface area contributed by atoms with E-state index < -0.39 is 0 Å². The van der Waals surface area contributed by atoms with Gasteiger partial charge in [0.25, 0.3) is 0 Å². The van der Waals surface area contributed by atoms with Crippen LogP contribution in [0.15, 0.2) is 109 Å². The van der Waals surface area contributed by atoms with Crippen LogP contribution in [0.25, 0.3) is 11.1 Å². The molecular weight excluding hydrogens is 408 g/mol. The minimum Gasteiger partial charge on any atom is -0.0622 e. The lowest BCUT2D eigenvalue weighted by Crippen LogP contribution is -2.11. The van der Waals surface area contributed by atoms with Crippen molar-refractivity contribution >= 4 is 11.1 Å². The highest BCUT2D eigenvalue weighted by Gasteiger charge is 2.19. The van der Waals surface area contributed by atoms with Gasteiger partial charge in [-0.3, -0.25) is 0 Å². The second-order valence-electron chi connectivity index (χ2n) is 11.1. The summed E-state index contributed by atoms with van der Waals surface area (Å²) in [4.78, 5) is 0. The van der Waals surface area contributed by atoms with Crippen LogP contribution in [0.2, 0.25) is 0 Å². The van der Waals surface area contributed by atoms with E-state index in [1.807, 2.05) is 0 Å². The normalized spacial score (nSPS) is 12.9. The maximum absolute atomic E-state index is 2.29. The van der Waals surface area contributed by atoms with E-state index in [1.165, 1.54) is 44.5 Å². The second-order valence-corrected chi connectivity index (χ2v) is 11.1. The molecule has 0 atom stereocenters. The topological polar surface area (TPSA) is 0 Å². The molecule has 0 nitrogen and oxygen atoms in total. The third-order valence-corrected chi connectivity index (χ3v) is 6.45. The maximum Gasteiger partial charge on any atom is -0.00268 e. The largest absolute Gasteiger partial charge is 0.0622 e. The van der Waals surface area contributed by atoms with Crippen molar-refractivity contribution < 1.29 is 0 Å². The lowest BCUT2D eigenvalue weighted by Gasteiger charge is -2.22. The van der Waals surface area contributed by atoms with E-state index in [2.05, 4.69) is 151 Å². The van der Waals surface area contributed by atoms with Crippen molar-refractivity contribution in [3.05, 3.63) is 143 Å². The Bertz CT molecular complexity index is 1140. The number of rotatable bonds is 4. The molecule has 4 aromatic rings. The summed E-state index contributed by atoms with van der Waals surface area (Å²) in [6.07, 6.45) is 0. The van der Waals surface area contributed by atoms with Crippen molar-refractivity contribution in [1.82, 2.24) is 0 Å². The monoisotopic (exact) mass is 444 g/mol. The minimum absolute atomic E-state index is 0.125. The van der Waals surface area contributed by atoms with Gasteiger partial charge >= 0.3 is 0 Å². The predicted molar refractivity (Wildman–Crippen MR) is 148 cm³/mol. The molecule has 0 aliphatic rings. The van der Waals surface area contributed by atoms with Crippen LogP contribution in [0.5, 0.6) is 0 Å². The van der Waals surface area contributed by atoms with E-state index in [9.17, 15) is 0 Å². The van der Waals surface area contributed by atoms with E-state index >= 15 is 0 Å². The highest BCUT2D eigenvalue weighted by atomic mass is 14.2. The molecule has 0 heteroatoms. The molecule has 0 saturated carbocycles. The Morgan fingerprint density at radius 1 is 0.353 bits per heavy atom. The van der Waals surface area contributed by atoms with Gasteiger partial charge in [0.1, 0.15) is 0 Å². The van der Waals surface area contributed by atoms with E-state index in [0.717, 1.165) is 0 Å². The first-order chi connectivity index (χ1) is 16.1. The molecule has 4 aromatic carbocycles. The van der Waals surface area contributed by atoms with Gasteiger partial charge in [-0.25, -0.2) is 0 Å². The molecule has 0 amide bonds.